The van der Waals surface area contributed by atoms with Crippen LogP contribution in [0.25, 0.3) is 0 Å². The molecule has 1 N–H and O–H groups in total. The quantitative estimate of drug-likeness (QED) is 0.691. The molecule has 4 nitrogen and oxygen atoms in total. The molecule has 3 unspecified atom stereocenters. The molecule has 5 heteroatoms. The van der Waals surface area contributed by atoms with Gasteiger partial charge in [0, 0.05) is 19.1 Å². The number of piperidine rings is 1. The summed E-state index contributed by atoms with van der Waals surface area (Å²) in [5.41, 5.74) is 0. The first-order chi connectivity index (χ1) is 6.04. The van der Waals surface area contributed by atoms with E-state index in [1.165, 1.54) is 10.8 Å². The van der Waals surface area contributed by atoms with Crippen molar-refractivity contribution in [1.82, 2.24) is 9.42 Å². The lowest BCUT2D eigenvalue weighted by Gasteiger charge is -2.42. The van der Waals surface area contributed by atoms with Gasteiger partial charge >= 0.3 is 0 Å². The molecule has 0 saturated carbocycles. The van der Waals surface area contributed by atoms with Crippen molar-refractivity contribution < 1.29 is 8.76 Å². The van der Waals surface area contributed by atoms with Crippen LogP contribution in [0.3, 0.4) is 0 Å². The van der Waals surface area contributed by atoms with Gasteiger partial charge in [-0.25, -0.2) is 9.22 Å². The molecule has 1 heterocycles. The Kier molecular flexibility index (Phi) is 3.85. The standard InChI is InChI=1S/C8H18N2O2S/c1-7-5-4-6-8(2)10(7)9(3)13(11)12/h7-8H,4-6H2,1-3H3,(H,11,12). The fourth-order valence-corrected chi connectivity index (χ4v) is 2.53. The topological polar surface area (TPSA) is 43.8 Å². The molecule has 78 valence electrons. The first-order valence-corrected chi connectivity index (χ1v) is 5.73. The maximum atomic E-state index is 10.9. The predicted molar refractivity (Wildman–Crippen MR) is 53.1 cm³/mol. The molecule has 0 bridgehead atoms. The van der Waals surface area contributed by atoms with Crippen LogP contribution in [0.2, 0.25) is 0 Å². The summed E-state index contributed by atoms with van der Waals surface area (Å²) in [5.74, 6) is 0. The molecule has 0 aromatic rings. The van der Waals surface area contributed by atoms with Crippen LogP contribution >= 0.6 is 0 Å². The highest BCUT2D eigenvalue weighted by Gasteiger charge is 2.29. The molecule has 1 fully saturated rings. The number of hydrogen-bond donors (Lipinski definition) is 1. The van der Waals surface area contributed by atoms with Crippen LogP contribution < -0.4 is 0 Å². The average molecular weight is 206 g/mol. The zero-order valence-corrected chi connectivity index (χ0v) is 9.25. The summed E-state index contributed by atoms with van der Waals surface area (Å²) in [7, 11) is 1.66. The van der Waals surface area contributed by atoms with Crippen molar-refractivity contribution in [2.75, 3.05) is 7.05 Å². The number of rotatable bonds is 2. The van der Waals surface area contributed by atoms with Gasteiger partial charge in [0.05, 0.1) is 0 Å². The molecule has 1 aliphatic rings. The van der Waals surface area contributed by atoms with Crippen LogP contribution in [-0.4, -0.2) is 37.3 Å². The van der Waals surface area contributed by atoms with Gasteiger partial charge in [0.2, 0.25) is 11.3 Å². The van der Waals surface area contributed by atoms with Crippen molar-refractivity contribution in [1.29, 1.82) is 0 Å². The van der Waals surface area contributed by atoms with E-state index in [-0.39, 0.29) is 0 Å². The van der Waals surface area contributed by atoms with Crippen LogP contribution in [0.4, 0.5) is 0 Å². The van der Waals surface area contributed by atoms with E-state index in [9.17, 15) is 4.21 Å². The Morgan fingerprint density at radius 1 is 1.38 bits per heavy atom. The summed E-state index contributed by atoms with van der Waals surface area (Å²) >= 11 is -1.89. The molecular formula is C8H18N2O2S. The maximum Gasteiger partial charge on any atom is 0.248 e. The van der Waals surface area contributed by atoms with Gasteiger partial charge < -0.3 is 0 Å². The van der Waals surface area contributed by atoms with Crippen molar-refractivity contribution >= 4 is 11.3 Å². The van der Waals surface area contributed by atoms with Crippen molar-refractivity contribution in [3.8, 4) is 0 Å². The predicted octanol–water partition coefficient (Wildman–Crippen LogP) is 1.23. The van der Waals surface area contributed by atoms with E-state index in [1.807, 2.05) is 5.01 Å². The monoisotopic (exact) mass is 206 g/mol. The zero-order valence-electron chi connectivity index (χ0n) is 8.43. The van der Waals surface area contributed by atoms with Crippen LogP contribution in [-0.2, 0) is 11.3 Å². The fraction of sp³-hybridized carbons (Fsp3) is 1.00. The molecule has 3 atom stereocenters. The molecule has 13 heavy (non-hydrogen) atoms. The van der Waals surface area contributed by atoms with Gasteiger partial charge in [-0.1, -0.05) is 6.42 Å². The van der Waals surface area contributed by atoms with Crippen molar-refractivity contribution in [2.24, 2.45) is 0 Å². The molecule has 1 aliphatic heterocycles. The van der Waals surface area contributed by atoms with E-state index in [1.54, 1.807) is 7.05 Å². The Hall–Kier alpha value is 0.0300. The highest BCUT2D eigenvalue weighted by atomic mass is 32.2. The van der Waals surface area contributed by atoms with Gasteiger partial charge in [-0.3, -0.25) is 4.55 Å². The molecule has 0 spiro atoms. The van der Waals surface area contributed by atoms with Crippen molar-refractivity contribution in [2.45, 2.75) is 45.2 Å². The van der Waals surface area contributed by atoms with E-state index in [2.05, 4.69) is 13.8 Å². The summed E-state index contributed by atoms with van der Waals surface area (Å²) in [6, 6.07) is 0.731. The smallest absolute Gasteiger partial charge is 0.248 e. The molecule has 1 saturated heterocycles. The summed E-state index contributed by atoms with van der Waals surface area (Å²) in [5, 5.41) is 2.00. The third-order valence-corrected chi connectivity index (χ3v) is 3.34. The molecule has 0 aromatic carbocycles. The van der Waals surface area contributed by atoms with Gasteiger partial charge in [0.25, 0.3) is 0 Å². The lowest BCUT2D eigenvalue weighted by atomic mass is 10.00. The van der Waals surface area contributed by atoms with E-state index < -0.39 is 11.3 Å². The van der Waals surface area contributed by atoms with E-state index >= 15 is 0 Å². The second-order valence-electron chi connectivity index (χ2n) is 3.70. The van der Waals surface area contributed by atoms with Gasteiger partial charge in [-0.15, -0.1) is 4.41 Å². The summed E-state index contributed by atoms with van der Waals surface area (Å²) < 4.78 is 21.3. The molecular weight excluding hydrogens is 188 g/mol. The van der Waals surface area contributed by atoms with Gasteiger partial charge in [0.1, 0.15) is 0 Å². The first kappa shape index (κ1) is 11.1. The Morgan fingerprint density at radius 2 is 1.85 bits per heavy atom. The van der Waals surface area contributed by atoms with Crippen LogP contribution in [0.1, 0.15) is 33.1 Å². The average Bonchev–Trinajstić information content (AvgIpc) is 2.03. The Balaban J connectivity index is 2.67. The Labute approximate surface area is 82.3 Å². The minimum absolute atomic E-state index is 0.366. The minimum atomic E-state index is -1.89. The van der Waals surface area contributed by atoms with Crippen molar-refractivity contribution in [3.63, 3.8) is 0 Å². The van der Waals surface area contributed by atoms with Gasteiger partial charge in [-0.2, -0.15) is 0 Å². The number of hydrogen-bond acceptors (Lipinski definition) is 2. The summed E-state index contributed by atoms with van der Waals surface area (Å²) in [4.78, 5) is 0. The minimum Gasteiger partial charge on any atom is -0.293 e. The molecule has 0 radical (unpaired) electrons. The molecule has 0 amide bonds. The molecule has 1 rings (SSSR count). The third-order valence-electron chi connectivity index (χ3n) is 2.70. The summed E-state index contributed by atoms with van der Waals surface area (Å²) in [6.07, 6.45) is 3.42. The van der Waals surface area contributed by atoms with E-state index in [4.69, 9.17) is 4.55 Å². The van der Waals surface area contributed by atoms with Gasteiger partial charge in [0.15, 0.2) is 0 Å². The Morgan fingerprint density at radius 3 is 2.23 bits per heavy atom. The fourth-order valence-electron chi connectivity index (χ4n) is 2.04. The lowest BCUT2D eigenvalue weighted by molar-refractivity contribution is -0.0280. The lowest BCUT2D eigenvalue weighted by Crippen LogP contribution is -2.53. The van der Waals surface area contributed by atoms with Crippen molar-refractivity contribution in [3.05, 3.63) is 0 Å². The van der Waals surface area contributed by atoms with Crippen LogP contribution in [0, 0.1) is 0 Å². The van der Waals surface area contributed by atoms with E-state index in [0.29, 0.717) is 12.1 Å². The van der Waals surface area contributed by atoms with E-state index in [0.717, 1.165) is 12.8 Å². The third kappa shape index (κ3) is 2.49. The van der Waals surface area contributed by atoms with Gasteiger partial charge in [-0.05, 0) is 26.7 Å². The van der Waals surface area contributed by atoms with Crippen LogP contribution in [0.5, 0.6) is 0 Å². The molecule has 0 aromatic heterocycles. The Bertz CT molecular complexity index is 191. The van der Waals surface area contributed by atoms with Crippen LogP contribution in [0.15, 0.2) is 0 Å². The SMILES string of the molecule is CC1CCCC(C)N1N(C)S(=O)O. The second kappa shape index (κ2) is 4.50. The highest BCUT2D eigenvalue weighted by molar-refractivity contribution is 7.76. The number of nitrogens with zero attached hydrogens (tertiary/aromatic N) is 2. The highest BCUT2D eigenvalue weighted by Crippen LogP contribution is 2.23. The maximum absolute atomic E-state index is 10.9. The normalized spacial score (nSPS) is 33.6. The first-order valence-electron chi connectivity index (χ1n) is 4.67. The second-order valence-corrected chi connectivity index (χ2v) is 4.69. The summed E-state index contributed by atoms with van der Waals surface area (Å²) in [6.45, 7) is 4.19. The number of hydrazine groups is 1. The zero-order chi connectivity index (χ0) is 10.0. The largest absolute Gasteiger partial charge is 0.293 e. The molecule has 0 aliphatic carbocycles.